The number of hydrogen-bond donors (Lipinski definition) is 2. The molecule has 1 rings (SSSR count). The molecule has 1 aromatic carbocycles. The Morgan fingerprint density at radius 3 is 2.05 bits per heavy atom. The Morgan fingerprint density at radius 2 is 1.70 bits per heavy atom. The molecule has 0 aliphatic rings. The number of benzene rings is 1. The molecular formula is C13H20O6S. The Balaban J connectivity index is 3.93. The molecule has 0 aromatic heterocycles. The number of phenols is 1. The first-order valence-electron chi connectivity index (χ1n) is 6.15. The van der Waals surface area contributed by atoms with Gasteiger partial charge in [0.2, 0.25) is 0 Å². The van der Waals surface area contributed by atoms with Gasteiger partial charge in [0, 0.05) is 11.1 Å². The molecule has 0 amide bonds. The van der Waals surface area contributed by atoms with E-state index in [9.17, 15) is 18.1 Å². The number of rotatable bonds is 5. The monoisotopic (exact) mass is 304 g/mol. The van der Waals surface area contributed by atoms with Gasteiger partial charge < -0.3 is 14.6 Å². The maximum absolute atomic E-state index is 11.5. The average molecular weight is 304 g/mol. The van der Waals surface area contributed by atoms with Crippen molar-refractivity contribution in [3.63, 3.8) is 0 Å². The van der Waals surface area contributed by atoms with Gasteiger partial charge in [-0.2, -0.15) is 8.42 Å². The third-order valence-electron chi connectivity index (χ3n) is 3.37. The van der Waals surface area contributed by atoms with E-state index in [0.29, 0.717) is 23.3 Å². The SMILES string of the molecule is CCC(C)c1c(O)c(S(=O)(=O)O)c(OC)c(C)c1OC. The minimum absolute atomic E-state index is 0.117. The van der Waals surface area contributed by atoms with Crippen LogP contribution in [0.3, 0.4) is 0 Å². The Morgan fingerprint density at radius 1 is 1.20 bits per heavy atom. The van der Waals surface area contributed by atoms with Gasteiger partial charge in [0.25, 0.3) is 0 Å². The predicted molar refractivity (Wildman–Crippen MR) is 74.5 cm³/mol. The lowest BCUT2D eigenvalue weighted by molar-refractivity contribution is 0.353. The molecule has 7 heteroatoms. The van der Waals surface area contributed by atoms with Crippen molar-refractivity contribution in [3.8, 4) is 17.2 Å². The highest BCUT2D eigenvalue weighted by Gasteiger charge is 2.31. The lowest BCUT2D eigenvalue weighted by atomic mass is 9.94. The number of aromatic hydroxyl groups is 1. The summed E-state index contributed by atoms with van der Waals surface area (Å²) in [6, 6.07) is 0. The second-order valence-electron chi connectivity index (χ2n) is 4.57. The van der Waals surface area contributed by atoms with E-state index >= 15 is 0 Å². The van der Waals surface area contributed by atoms with E-state index in [0.717, 1.165) is 0 Å². The van der Waals surface area contributed by atoms with E-state index in [1.54, 1.807) is 6.92 Å². The van der Waals surface area contributed by atoms with E-state index in [1.165, 1.54) is 14.2 Å². The Bertz CT molecular complexity index is 606. The van der Waals surface area contributed by atoms with Crippen LogP contribution in [0.15, 0.2) is 4.90 Å². The summed E-state index contributed by atoms with van der Waals surface area (Å²) in [6.45, 7) is 5.34. The van der Waals surface area contributed by atoms with Gasteiger partial charge in [-0.3, -0.25) is 4.55 Å². The predicted octanol–water partition coefficient (Wildman–Crippen LogP) is 2.48. The van der Waals surface area contributed by atoms with Crippen LogP contribution in [0.2, 0.25) is 0 Å². The van der Waals surface area contributed by atoms with Crippen molar-refractivity contribution in [1.29, 1.82) is 0 Å². The highest BCUT2D eigenvalue weighted by molar-refractivity contribution is 7.86. The Labute approximate surface area is 119 Å². The standard InChI is InChI=1S/C13H20O6S/c1-6-7(2)9-10(14)13(20(15,16)17)12(19-5)8(3)11(9)18-4/h7,14H,6H2,1-5H3,(H,15,16,17). The van der Waals surface area contributed by atoms with Crippen LogP contribution in [0.5, 0.6) is 17.2 Å². The third-order valence-corrected chi connectivity index (χ3v) is 4.27. The molecule has 0 aliphatic heterocycles. The van der Waals surface area contributed by atoms with Crippen LogP contribution in [0.4, 0.5) is 0 Å². The molecule has 0 saturated heterocycles. The van der Waals surface area contributed by atoms with Crippen LogP contribution in [-0.4, -0.2) is 32.3 Å². The second kappa shape index (κ2) is 5.88. The molecule has 0 fully saturated rings. The van der Waals surface area contributed by atoms with Gasteiger partial charge in [-0.15, -0.1) is 0 Å². The number of methoxy groups -OCH3 is 2. The minimum Gasteiger partial charge on any atom is -0.506 e. The van der Waals surface area contributed by atoms with Crippen molar-refractivity contribution < 1.29 is 27.6 Å². The fourth-order valence-electron chi connectivity index (χ4n) is 2.22. The summed E-state index contributed by atoms with van der Waals surface area (Å²) in [6.07, 6.45) is 0.667. The van der Waals surface area contributed by atoms with E-state index in [2.05, 4.69) is 0 Å². The highest BCUT2D eigenvalue weighted by Crippen LogP contribution is 2.48. The first-order chi connectivity index (χ1) is 9.20. The molecule has 1 aromatic rings. The van der Waals surface area contributed by atoms with Crippen molar-refractivity contribution in [2.45, 2.75) is 38.0 Å². The van der Waals surface area contributed by atoms with Crippen molar-refractivity contribution >= 4 is 10.1 Å². The van der Waals surface area contributed by atoms with Crippen molar-refractivity contribution in [2.75, 3.05) is 14.2 Å². The zero-order valence-corrected chi connectivity index (χ0v) is 13.0. The van der Waals surface area contributed by atoms with Crippen LogP contribution < -0.4 is 9.47 Å². The zero-order chi connectivity index (χ0) is 15.7. The van der Waals surface area contributed by atoms with Crippen LogP contribution in [0.1, 0.15) is 37.3 Å². The summed E-state index contributed by atoms with van der Waals surface area (Å²) >= 11 is 0. The first-order valence-corrected chi connectivity index (χ1v) is 7.59. The lowest BCUT2D eigenvalue weighted by Gasteiger charge is -2.22. The summed E-state index contributed by atoms with van der Waals surface area (Å²) in [5.41, 5.74) is 0.761. The first kappa shape index (κ1) is 16.6. The molecule has 0 bridgehead atoms. The molecule has 0 spiro atoms. The van der Waals surface area contributed by atoms with E-state index in [4.69, 9.17) is 9.47 Å². The van der Waals surface area contributed by atoms with Crippen molar-refractivity contribution in [1.82, 2.24) is 0 Å². The fraction of sp³-hybridized carbons (Fsp3) is 0.538. The van der Waals surface area contributed by atoms with Gasteiger partial charge in [-0.25, -0.2) is 0 Å². The minimum atomic E-state index is -4.62. The molecule has 0 saturated carbocycles. The lowest BCUT2D eigenvalue weighted by Crippen LogP contribution is -2.09. The van der Waals surface area contributed by atoms with Crippen LogP contribution in [0, 0.1) is 6.92 Å². The smallest absolute Gasteiger partial charge is 0.301 e. The van der Waals surface area contributed by atoms with Crippen LogP contribution in [-0.2, 0) is 10.1 Å². The van der Waals surface area contributed by atoms with Gasteiger partial charge in [0.15, 0.2) is 4.90 Å². The maximum atomic E-state index is 11.5. The van der Waals surface area contributed by atoms with E-state index in [1.807, 2.05) is 13.8 Å². The van der Waals surface area contributed by atoms with Crippen LogP contribution in [0.25, 0.3) is 0 Å². The molecule has 6 nitrogen and oxygen atoms in total. The molecule has 0 radical (unpaired) electrons. The van der Waals surface area contributed by atoms with E-state index < -0.39 is 20.8 Å². The van der Waals surface area contributed by atoms with Gasteiger partial charge >= 0.3 is 10.1 Å². The fourth-order valence-corrected chi connectivity index (χ4v) is 3.05. The molecule has 20 heavy (non-hydrogen) atoms. The van der Waals surface area contributed by atoms with Crippen molar-refractivity contribution in [3.05, 3.63) is 11.1 Å². The molecule has 1 unspecified atom stereocenters. The quantitative estimate of drug-likeness (QED) is 0.812. The highest BCUT2D eigenvalue weighted by atomic mass is 32.2. The summed E-state index contributed by atoms with van der Waals surface area (Å²) < 4.78 is 42.7. The largest absolute Gasteiger partial charge is 0.506 e. The summed E-state index contributed by atoms with van der Waals surface area (Å²) in [5, 5.41) is 10.3. The van der Waals surface area contributed by atoms with Crippen molar-refractivity contribution in [2.24, 2.45) is 0 Å². The third kappa shape index (κ3) is 2.69. The average Bonchev–Trinajstić information content (AvgIpc) is 2.37. The van der Waals surface area contributed by atoms with Gasteiger partial charge in [-0.05, 0) is 19.3 Å². The number of hydrogen-bond acceptors (Lipinski definition) is 5. The summed E-state index contributed by atoms with van der Waals surface area (Å²) in [5.74, 6) is -0.425. The molecular weight excluding hydrogens is 284 g/mol. The van der Waals surface area contributed by atoms with E-state index in [-0.39, 0.29) is 11.7 Å². The molecule has 114 valence electrons. The molecule has 2 N–H and O–H groups in total. The topological polar surface area (TPSA) is 93.1 Å². The second-order valence-corrected chi connectivity index (χ2v) is 5.93. The van der Waals surface area contributed by atoms with Gasteiger partial charge in [0.05, 0.1) is 14.2 Å². The molecule has 0 aliphatic carbocycles. The molecule has 1 atom stereocenters. The molecule has 0 heterocycles. The summed E-state index contributed by atoms with van der Waals surface area (Å²) in [4.78, 5) is -0.617. The normalized spacial score (nSPS) is 13.1. The number of phenolic OH excluding ortho intramolecular Hbond substituents is 1. The van der Waals surface area contributed by atoms with Crippen LogP contribution >= 0.6 is 0 Å². The maximum Gasteiger partial charge on any atom is 0.301 e. The van der Waals surface area contributed by atoms with Gasteiger partial charge in [-0.1, -0.05) is 13.8 Å². The van der Waals surface area contributed by atoms with Gasteiger partial charge in [0.1, 0.15) is 17.2 Å². The summed E-state index contributed by atoms with van der Waals surface area (Å²) in [7, 11) is -1.93. The number of ether oxygens (including phenoxy) is 2. The Kier molecular flexibility index (Phi) is 4.88. The Hall–Kier alpha value is -1.47. The zero-order valence-electron chi connectivity index (χ0n) is 12.2.